The van der Waals surface area contributed by atoms with Crippen LogP contribution in [0.15, 0.2) is 48.0 Å². The zero-order valence-corrected chi connectivity index (χ0v) is 22.5. The summed E-state index contributed by atoms with van der Waals surface area (Å²) in [7, 11) is 2.14. The molecule has 0 radical (unpaired) electrons. The lowest BCUT2D eigenvalue weighted by Crippen LogP contribution is -2.50. The highest BCUT2D eigenvalue weighted by Gasteiger charge is 2.55. The molecule has 2 aromatic carbocycles. The van der Waals surface area contributed by atoms with Crippen molar-refractivity contribution >= 4 is 45.8 Å². The van der Waals surface area contributed by atoms with E-state index in [9.17, 15) is 5.11 Å². The number of phenols is 1. The van der Waals surface area contributed by atoms with Gasteiger partial charge in [0.1, 0.15) is 5.75 Å². The number of aryl methyl sites for hydroxylation is 1. The molecular weight excluding hydrogens is 474 g/mol. The number of hydrogen-bond donors (Lipinski definition) is 1. The monoisotopic (exact) mass is 507 g/mol. The molecule has 184 valence electrons. The van der Waals surface area contributed by atoms with Crippen LogP contribution in [0.3, 0.4) is 0 Å². The first-order valence-electron chi connectivity index (χ1n) is 12.5. The summed E-state index contributed by atoms with van der Waals surface area (Å²) in [6, 6.07) is 14.6. The predicted octanol–water partition coefficient (Wildman–Crippen LogP) is 7.08. The van der Waals surface area contributed by atoms with Crippen molar-refractivity contribution in [3.05, 3.63) is 64.7 Å². The Hall–Kier alpha value is -2.44. The highest BCUT2D eigenvalue weighted by molar-refractivity contribution is 7.88. The molecule has 35 heavy (non-hydrogen) atoms. The van der Waals surface area contributed by atoms with E-state index >= 15 is 0 Å². The van der Waals surface area contributed by atoms with Gasteiger partial charge < -0.3 is 19.5 Å². The summed E-state index contributed by atoms with van der Waals surface area (Å²) in [6.07, 6.45) is 5.66. The van der Waals surface area contributed by atoms with Crippen LogP contribution in [0.4, 0.5) is 5.69 Å². The standard InChI is InChI=1S/C29H33NO3S2/c1-18(10-8-13-19-11-6-5-7-12-19)20-16-23-21(17-24(20)31)25-22(28(2,3)30(23)4)14-9-15-29(25)32-26(34)27(35)33-29/h5-7,11-12,16-18,31H,8-10,13-15H2,1-4H3. The van der Waals surface area contributed by atoms with E-state index in [2.05, 4.69) is 69.1 Å². The van der Waals surface area contributed by atoms with Crippen LogP contribution in [0.1, 0.15) is 75.5 Å². The molecule has 2 aromatic rings. The summed E-state index contributed by atoms with van der Waals surface area (Å²) in [5.74, 6) is -0.445. The number of aromatic hydroxyl groups is 1. The number of fused-ring (bicyclic) bond motifs is 3. The van der Waals surface area contributed by atoms with E-state index in [1.807, 2.05) is 6.07 Å². The number of rotatable bonds is 5. The first kappa shape index (κ1) is 24.3. The van der Waals surface area contributed by atoms with Crippen molar-refractivity contribution in [2.24, 2.45) is 0 Å². The van der Waals surface area contributed by atoms with Gasteiger partial charge in [-0.25, -0.2) is 0 Å². The molecule has 1 N–H and O–H groups in total. The number of hydrogen-bond acceptors (Lipinski definition) is 6. The minimum absolute atomic E-state index is 0.232. The van der Waals surface area contributed by atoms with Gasteiger partial charge in [0.15, 0.2) is 0 Å². The minimum Gasteiger partial charge on any atom is -0.508 e. The van der Waals surface area contributed by atoms with Crippen molar-refractivity contribution in [3.63, 3.8) is 0 Å². The number of thiocarbonyl (C=S) groups is 2. The lowest BCUT2D eigenvalue weighted by atomic mass is 9.71. The highest BCUT2D eigenvalue weighted by Crippen LogP contribution is 2.56. The van der Waals surface area contributed by atoms with Gasteiger partial charge in [-0.15, -0.1) is 0 Å². The molecule has 1 spiro atoms. The van der Waals surface area contributed by atoms with E-state index < -0.39 is 5.79 Å². The molecule has 1 unspecified atom stereocenters. The number of ether oxygens (including phenoxy) is 2. The van der Waals surface area contributed by atoms with Gasteiger partial charge in [0, 0.05) is 30.3 Å². The Bertz CT molecular complexity index is 1200. The smallest absolute Gasteiger partial charge is 0.280 e. The molecule has 0 bridgehead atoms. The predicted molar refractivity (Wildman–Crippen MR) is 149 cm³/mol. The largest absolute Gasteiger partial charge is 0.508 e. The summed E-state index contributed by atoms with van der Waals surface area (Å²) >= 11 is 10.7. The maximum atomic E-state index is 11.2. The molecule has 0 aromatic heterocycles. The van der Waals surface area contributed by atoms with Crippen LogP contribution in [0.5, 0.6) is 5.75 Å². The summed E-state index contributed by atoms with van der Waals surface area (Å²) in [5.41, 5.74) is 6.37. The van der Waals surface area contributed by atoms with Crippen LogP contribution >= 0.6 is 24.4 Å². The normalized spacial score (nSPS) is 20.9. The molecule has 1 atom stereocenters. The maximum Gasteiger partial charge on any atom is 0.280 e. The van der Waals surface area contributed by atoms with Crippen molar-refractivity contribution in [2.45, 2.75) is 76.5 Å². The Morgan fingerprint density at radius 1 is 1.09 bits per heavy atom. The van der Waals surface area contributed by atoms with Gasteiger partial charge in [-0.3, -0.25) is 0 Å². The van der Waals surface area contributed by atoms with Crippen LogP contribution in [-0.4, -0.2) is 33.6 Å². The van der Waals surface area contributed by atoms with Gasteiger partial charge in [-0.1, -0.05) is 37.3 Å². The topological polar surface area (TPSA) is 41.9 Å². The third-order valence-electron chi connectivity index (χ3n) is 8.13. The van der Waals surface area contributed by atoms with Crippen molar-refractivity contribution in [3.8, 4) is 5.75 Å². The molecule has 1 aliphatic carbocycles. The van der Waals surface area contributed by atoms with Crippen molar-refractivity contribution < 1.29 is 14.6 Å². The van der Waals surface area contributed by atoms with Gasteiger partial charge in [-0.2, -0.15) is 0 Å². The van der Waals surface area contributed by atoms with Crippen LogP contribution in [-0.2, 0) is 15.9 Å². The number of likely N-dealkylation sites (N-methyl/N-ethyl adjacent to an activating group) is 1. The SMILES string of the molecule is CC(CCCc1ccccc1)c1cc2c(cc1O)C1=C(CCCC13OC(=S)C(=S)O3)C(C)(C)N2C. The van der Waals surface area contributed by atoms with E-state index in [0.29, 0.717) is 12.2 Å². The van der Waals surface area contributed by atoms with E-state index in [4.69, 9.17) is 33.9 Å². The molecule has 5 rings (SSSR count). The quantitative estimate of drug-likeness (QED) is 0.436. The summed E-state index contributed by atoms with van der Waals surface area (Å²) in [5, 5.41) is 11.7. The van der Waals surface area contributed by atoms with Gasteiger partial charge in [0.2, 0.25) is 10.1 Å². The molecule has 0 saturated carbocycles. The lowest BCUT2D eigenvalue weighted by Gasteiger charge is -2.50. The van der Waals surface area contributed by atoms with E-state index in [1.165, 1.54) is 11.1 Å². The molecule has 3 aliphatic rings. The Morgan fingerprint density at radius 2 is 1.77 bits per heavy atom. The average molecular weight is 508 g/mol. The van der Waals surface area contributed by atoms with E-state index in [1.54, 1.807) is 0 Å². The van der Waals surface area contributed by atoms with E-state index in [0.717, 1.165) is 54.5 Å². The number of benzene rings is 2. The second-order valence-electron chi connectivity index (χ2n) is 10.6. The first-order chi connectivity index (χ1) is 16.6. The Kier molecular flexibility index (Phi) is 6.17. The molecule has 1 fully saturated rings. The van der Waals surface area contributed by atoms with Gasteiger partial charge in [-0.05, 0) is 105 Å². The zero-order valence-electron chi connectivity index (χ0n) is 20.9. The van der Waals surface area contributed by atoms with Crippen LogP contribution in [0.2, 0.25) is 0 Å². The van der Waals surface area contributed by atoms with Gasteiger partial charge in [0.05, 0.1) is 5.54 Å². The average Bonchev–Trinajstić information content (AvgIpc) is 3.11. The minimum atomic E-state index is -0.996. The van der Waals surface area contributed by atoms with Crippen molar-refractivity contribution in [1.29, 1.82) is 0 Å². The van der Waals surface area contributed by atoms with E-state index in [-0.39, 0.29) is 21.6 Å². The van der Waals surface area contributed by atoms with Crippen molar-refractivity contribution in [1.82, 2.24) is 0 Å². The summed E-state index contributed by atoms with van der Waals surface area (Å²) in [4.78, 5) is 2.32. The van der Waals surface area contributed by atoms with Crippen molar-refractivity contribution in [2.75, 3.05) is 11.9 Å². The second-order valence-corrected chi connectivity index (χ2v) is 11.3. The number of phenolic OH excluding ortho intramolecular Hbond substituents is 1. The fourth-order valence-corrected chi connectivity index (χ4v) is 6.30. The molecule has 6 heteroatoms. The molecule has 0 amide bonds. The third-order valence-corrected chi connectivity index (χ3v) is 8.79. The number of nitrogens with zero attached hydrogens (tertiary/aromatic N) is 1. The van der Waals surface area contributed by atoms with Gasteiger partial charge >= 0.3 is 0 Å². The third kappa shape index (κ3) is 4.05. The molecule has 2 aliphatic heterocycles. The first-order valence-corrected chi connectivity index (χ1v) is 13.3. The fraction of sp³-hybridized carbons (Fsp3) is 0.448. The Labute approximate surface area is 218 Å². The zero-order chi connectivity index (χ0) is 25.0. The Morgan fingerprint density at radius 3 is 2.46 bits per heavy atom. The molecular formula is C29H33NO3S2. The lowest BCUT2D eigenvalue weighted by molar-refractivity contribution is -0.0603. The van der Waals surface area contributed by atoms with Crippen LogP contribution < -0.4 is 4.90 Å². The van der Waals surface area contributed by atoms with Gasteiger partial charge in [0.25, 0.3) is 5.79 Å². The maximum absolute atomic E-state index is 11.2. The van der Waals surface area contributed by atoms with Crippen LogP contribution in [0, 0.1) is 0 Å². The fourth-order valence-electron chi connectivity index (χ4n) is 5.95. The summed E-state index contributed by atoms with van der Waals surface area (Å²) in [6.45, 7) is 6.69. The Balaban J connectivity index is 1.51. The molecule has 4 nitrogen and oxygen atoms in total. The van der Waals surface area contributed by atoms with Crippen LogP contribution in [0.25, 0.3) is 5.57 Å². The summed E-state index contributed by atoms with van der Waals surface area (Å²) < 4.78 is 12.4. The second kappa shape index (κ2) is 8.90. The highest BCUT2D eigenvalue weighted by atomic mass is 32.1. The molecule has 2 heterocycles. The molecule has 1 saturated heterocycles. The number of anilines is 1.